The Labute approximate surface area is 315 Å². The van der Waals surface area contributed by atoms with E-state index in [1.54, 1.807) is 0 Å². The molecule has 0 radical (unpaired) electrons. The van der Waals surface area contributed by atoms with Gasteiger partial charge in [0.05, 0.1) is 11.0 Å². The smallest absolute Gasteiger partial charge is 0.0509 e. The first-order valence-electron chi connectivity index (χ1n) is 18.5. The van der Waals surface area contributed by atoms with Crippen LogP contribution in [0.4, 0.5) is 34.1 Å². The molecule has 8 aromatic carbocycles. The fourth-order valence-corrected chi connectivity index (χ4v) is 8.23. The number of anilines is 6. The fourth-order valence-electron chi connectivity index (χ4n) is 8.23. The van der Waals surface area contributed by atoms with Crippen LogP contribution in [0.1, 0.15) is 0 Å². The Morgan fingerprint density at radius 3 is 1.00 bits per heavy atom. The van der Waals surface area contributed by atoms with E-state index in [0.717, 1.165) is 34.1 Å². The van der Waals surface area contributed by atoms with E-state index in [2.05, 4.69) is 227 Å². The monoisotopic (exact) mass is 694 g/mol. The average Bonchev–Trinajstić information content (AvgIpc) is 3.69. The van der Waals surface area contributed by atoms with Crippen LogP contribution in [-0.4, -0.2) is 9.13 Å². The van der Waals surface area contributed by atoms with Crippen molar-refractivity contribution in [2.24, 2.45) is 14.1 Å². The largest absolute Gasteiger partial charge is 0.344 e. The number of para-hydroxylation sites is 4. The van der Waals surface area contributed by atoms with Crippen molar-refractivity contribution in [1.29, 1.82) is 0 Å². The van der Waals surface area contributed by atoms with Crippen molar-refractivity contribution in [2.45, 2.75) is 0 Å². The molecule has 0 spiro atoms. The molecule has 0 aliphatic carbocycles. The molecule has 0 bridgehead atoms. The van der Waals surface area contributed by atoms with Gasteiger partial charge in [0, 0.05) is 80.8 Å². The second kappa shape index (κ2) is 12.9. The number of nitrogens with zero attached hydrogens (tertiary/aromatic N) is 4. The molecule has 10 aromatic rings. The number of fused-ring (bicyclic) bond motifs is 6. The van der Waals surface area contributed by atoms with Gasteiger partial charge in [-0.1, -0.05) is 109 Å². The van der Waals surface area contributed by atoms with Crippen molar-refractivity contribution in [1.82, 2.24) is 9.13 Å². The summed E-state index contributed by atoms with van der Waals surface area (Å²) in [5.74, 6) is 0. The van der Waals surface area contributed by atoms with Gasteiger partial charge in [-0.05, 0) is 96.1 Å². The van der Waals surface area contributed by atoms with Crippen LogP contribution in [0, 0.1) is 0 Å². The predicted molar refractivity (Wildman–Crippen MR) is 229 cm³/mol. The third-order valence-corrected chi connectivity index (χ3v) is 10.9. The molecule has 258 valence electrons. The third-order valence-electron chi connectivity index (χ3n) is 10.9. The van der Waals surface area contributed by atoms with Crippen LogP contribution in [0.25, 0.3) is 54.7 Å². The number of rotatable bonds is 7. The highest BCUT2D eigenvalue weighted by Gasteiger charge is 2.18. The Balaban J connectivity index is 1.00. The van der Waals surface area contributed by atoms with Crippen LogP contribution in [0.3, 0.4) is 0 Å². The number of hydrogen-bond donors (Lipinski definition) is 0. The number of hydrogen-bond acceptors (Lipinski definition) is 2. The SMILES string of the molecule is Cn1c2ccccc2c2ccc(N(c3ccccc3)c3ccc(-c4ccc(N(c5ccccc5)c5ccc6c7ccccc7n(C)c6c5)cc4)cc3)cc21. The van der Waals surface area contributed by atoms with E-state index in [1.807, 2.05) is 0 Å². The summed E-state index contributed by atoms with van der Waals surface area (Å²) >= 11 is 0. The van der Waals surface area contributed by atoms with E-state index in [4.69, 9.17) is 0 Å². The Bertz CT molecular complexity index is 2730. The van der Waals surface area contributed by atoms with Gasteiger partial charge >= 0.3 is 0 Å². The van der Waals surface area contributed by atoms with E-state index < -0.39 is 0 Å². The summed E-state index contributed by atoms with van der Waals surface area (Å²) in [6.07, 6.45) is 0. The second-order valence-electron chi connectivity index (χ2n) is 14.0. The van der Waals surface area contributed by atoms with Crippen LogP contribution in [-0.2, 0) is 14.1 Å². The van der Waals surface area contributed by atoms with Crippen LogP contribution >= 0.6 is 0 Å². The zero-order valence-electron chi connectivity index (χ0n) is 30.3. The predicted octanol–water partition coefficient (Wildman–Crippen LogP) is 13.6. The molecule has 0 saturated heterocycles. The van der Waals surface area contributed by atoms with Crippen molar-refractivity contribution in [3.8, 4) is 11.1 Å². The fraction of sp³-hybridized carbons (Fsp3) is 0.0400. The molecule has 0 fully saturated rings. The summed E-state index contributed by atoms with van der Waals surface area (Å²) in [4.78, 5) is 4.68. The van der Waals surface area contributed by atoms with Crippen molar-refractivity contribution in [2.75, 3.05) is 9.80 Å². The Hall–Kier alpha value is -7.04. The molecular formula is C50H38N4. The molecule has 0 unspecified atom stereocenters. The highest BCUT2D eigenvalue weighted by atomic mass is 15.1. The van der Waals surface area contributed by atoms with E-state index in [9.17, 15) is 0 Å². The minimum absolute atomic E-state index is 1.11. The Kier molecular flexibility index (Phi) is 7.55. The van der Waals surface area contributed by atoms with E-state index in [-0.39, 0.29) is 0 Å². The first-order valence-corrected chi connectivity index (χ1v) is 18.5. The lowest BCUT2D eigenvalue weighted by molar-refractivity contribution is 1.01. The summed E-state index contributed by atoms with van der Waals surface area (Å²) < 4.78 is 4.59. The molecule has 0 amide bonds. The molecule has 2 heterocycles. The summed E-state index contributed by atoms with van der Waals surface area (Å²) in [7, 11) is 4.31. The van der Waals surface area contributed by atoms with Gasteiger partial charge < -0.3 is 18.9 Å². The lowest BCUT2D eigenvalue weighted by Gasteiger charge is -2.26. The second-order valence-corrected chi connectivity index (χ2v) is 14.0. The lowest BCUT2D eigenvalue weighted by Crippen LogP contribution is -2.10. The lowest BCUT2D eigenvalue weighted by atomic mass is 10.0. The molecular weight excluding hydrogens is 657 g/mol. The van der Waals surface area contributed by atoms with Crippen molar-refractivity contribution in [3.63, 3.8) is 0 Å². The molecule has 4 nitrogen and oxygen atoms in total. The molecule has 0 aliphatic rings. The summed E-state index contributed by atoms with van der Waals surface area (Å²) in [6.45, 7) is 0. The number of aryl methyl sites for hydroxylation is 2. The van der Waals surface area contributed by atoms with Crippen molar-refractivity contribution in [3.05, 3.63) is 194 Å². The van der Waals surface area contributed by atoms with Gasteiger partial charge in [0.15, 0.2) is 0 Å². The van der Waals surface area contributed by atoms with E-state index in [1.165, 1.54) is 54.7 Å². The molecule has 4 heteroatoms. The van der Waals surface area contributed by atoms with Crippen LogP contribution in [0.5, 0.6) is 0 Å². The van der Waals surface area contributed by atoms with Gasteiger partial charge in [0.25, 0.3) is 0 Å². The van der Waals surface area contributed by atoms with Gasteiger partial charge in [-0.3, -0.25) is 0 Å². The quantitative estimate of drug-likeness (QED) is 0.165. The highest BCUT2D eigenvalue weighted by molar-refractivity contribution is 6.10. The van der Waals surface area contributed by atoms with E-state index >= 15 is 0 Å². The molecule has 0 aliphatic heterocycles. The van der Waals surface area contributed by atoms with E-state index in [0.29, 0.717) is 0 Å². The number of aromatic nitrogens is 2. The molecule has 0 saturated carbocycles. The zero-order chi connectivity index (χ0) is 36.2. The van der Waals surface area contributed by atoms with Crippen molar-refractivity contribution >= 4 is 77.7 Å². The molecule has 2 aromatic heterocycles. The third kappa shape index (κ3) is 5.22. The Morgan fingerprint density at radius 1 is 0.278 bits per heavy atom. The number of benzene rings is 8. The zero-order valence-corrected chi connectivity index (χ0v) is 30.3. The molecule has 10 rings (SSSR count). The summed E-state index contributed by atoms with van der Waals surface area (Å²) in [5, 5.41) is 5.09. The maximum atomic E-state index is 2.34. The first kappa shape index (κ1) is 31.7. The van der Waals surface area contributed by atoms with Gasteiger partial charge in [0.1, 0.15) is 0 Å². The topological polar surface area (TPSA) is 16.3 Å². The van der Waals surface area contributed by atoms with Gasteiger partial charge in [0.2, 0.25) is 0 Å². The molecule has 54 heavy (non-hydrogen) atoms. The van der Waals surface area contributed by atoms with Gasteiger partial charge in [-0.25, -0.2) is 0 Å². The summed E-state index contributed by atoms with van der Waals surface area (Å²) in [6, 6.07) is 70.0. The van der Waals surface area contributed by atoms with Crippen molar-refractivity contribution < 1.29 is 0 Å². The standard InChI is InChI=1S/C50H38N4/c1-51-47-19-11-9-17-43(47)45-31-29-41(33-49(45)51)53(37-13-5-3-6-14-37)39-25-21-35(22-26-39)36-23-27-40(28-24-36)54(38-15-7-4-8-16-38)42-30-32-46-44-18-10-12-20-48(44)52(2)50(46)34-42/h3-34H,1-2H3. The summed E-state index contributed by atoms with van der Waals surface area (Å²) in [5.41, 5.74) is 14.0. The maximum Gasteiger partial charge on any atom is 0.0509 e. The molecule has 0 N–H and O–H groups in total. The minimum atomic E-state index is 1.11. The first-order chi connectivity index (χ1) is 26.6. The average molecular weight is 695 g/mol. The Morgan fingerprint density at radius 2 is 0.593 bits per heavy atom. The molecule has 0 atom stereocenters. The van der Waals surface area contributed by atoms with Gasteiger partial charge in [-0.2, -0.15) is 0 Å². The maximum absolute atomic E-state index is 2.34. The van der Waals surface area contributed by atoms with Crippen LogP contribution < -0.4 is 9.80 Å². The normalized spacial score (nSPS) is 11.5. The minimum Gasteiger partial charge on any atom is -0.344 e. The van der Waals surface area contributed by atoms with Crippen LogP contribution in [0.15, 0.2) is 194 Å². The van der Waals surface area contributed by atoms with Gasteiger partial charge in [-0.15, -0.1) is 0 Å². The van der Waals surface area contributed by atoms with Crippen LogP contribution in [0.2, 0.25) is 0 Å². The highest BCUT2D eigenvalue weighted by Crippen LogP contribution is 2.41.